The molecule has 180 valence electrons. The summed E-state index contributed by atoms with van der Waals surface area (Å²) in [5.74, 6) is -0.278. The van der Waals surface area contributed by atoms with Crippen LogP contribution < -0.4 is 10.6 Å². The van der Waals surface area contributed by atoms with Gasteiger partial charge in [-0.05, 0) is 78.9 Å². The Hall–Kier alpha value is -3.26. The van der Waals surface area contributed by atoms with Gasteiger partial charge in [-0.15, -0.1) is 0 Å². The van der Waals surface area contributed by atoms with Gasteiger partial charge in [-0.1, -0.05) is 23.7 Å². The third kappa shape index (κ3) is 7.38. The third-order valence-electron chi connectivity index (χ3n) is 5.42. The number of hydrogen-bond acceptors (Lipinski definition) is 6. The molecule has 0 aliphatic rings. The summed E-state index contributed by atoms with van der Waals surface area (Å²) < 4.78 is 0. The molecule has 6 N–H and O–H groups in total. The summed E-state index contributed by atoms with van der Waals surface area (Å²) in [5, 5.41) is 46.0. The van der Waals surface area contributed by atoms with Crippen LogP contribution in [0.3, 0.4) is 0 Å². The van der Waals surface area contributed by atoms with E-state index in [1.54, 1.807) is 18.2 Å². The van der Waals surface area contributed by atoms with Crippen LogP contribution in [0.2, 0.25) is 5.02 Å². The zero-order chi connectivity index (χ0) is 24.7. The van der Waals surface area contributed by atoms with Crippen LogP contribution in [-0.4, -0.2) is 45.5 Å². The number of hydrogen-bond donors (Lipinski definition) is 6. The zero-order valence-electron chi connectivity index (χ0n) is 18.8. The molecule has 0 spiro atoms. The van der Waals surface area contributed by atoms with Gasteiger partial charge in [-0.25, -0.2) is 0 Å². The number of carbonyl (C=O) groups excluding carboxylic acids is 1. The first-order valence-corrected chi connectivity index (χ1v) is 11.4. The Labute approximate surface area is 203 Å². The number of aromatic hydroxyl groups is 3. The molecule has 3 aromatic rings. The van der Waals surface area contributed by atoms with Gasteiger partial charge < -0.3 is 31.1 Å². The van der Waals surface area contributed by atoms with Gasteiger partial charge in [0.05, 0.1) is 6.10 Å². The lowest BCUT2D eigenvalue weighted by Gasteiger charge is -2.18. The molecule has 8 heteroatoms. The Balaban J connectivity index is 1.50. The summed E-state index contributed by atoms with van der Waals surface area (Å²) in [6.45, 7) is 2.56. The fraction of sp³-hybridized carbons (Fsp3) is 0.269. The lowest BCUT2D eigenvalue weighted by molar-refractivity contribution is 0.0954. The maximum absolute atomic E-state index is 12.6. The summed E-state index contributed by atoms with van der Waals surface area (Å²) >= 11 is 5.96. The predicted molar refractivity (Wildman–Crippen MR) is 131 cm³/mol. The Kier molecular flexibility index (Phi) is 8.76. The van der Waals surface area contributed by atoms with Crippen molar-refractivity contribution in [3.63, 3.8) is 0 Å². The van der Waals surface area contributed by atoms with Gasteiger partial charge in [0.2, 0.25) is 0 Å². The number of aliphatic hydroxyl groups is 1. The van der Waals surface area contributed by atoms with E-state index in [1.807, 2.05) is 25.1 Å². The van der Waals surface area contributed by atoms with Crippen LogP contribution in [-0.2, 0) is 12.8 Å². The second-order valence-corrected chi connectivity index (χ2v) is 8.73. The van der Waals surface area contributed by atoms with Crippen molar-refractivity contribution in [3.8, 4) is 17.2 Å². The van der Waals surface area contributed by atoms with E-state index >= 15 is 0 Å². The molecule has 34 heavy (non-hydrogen) atoms. The second kappa shape index (κ2) is 11.7. The highest BCUT2D eigenvalue weighted by atomic mass is 35.5. The molecule has 0 radical (unpaired) electrons. The van der Waals surface area contributed by atoms with E-state index in [1.165, 1.54) is 24.3 Å². The first kappa shape index (κ1) is 25.4. The molecule has 0 saturated carbocycles. The zero-order valence-corrected chi connectivity index (χ0v) is 19.6. The van der Waals surface area contributed by atoms with E-state index in [2.05, 4.69) is 10.6 Å². The van der Waals surface area contributed by atoms with E-state index in [0.29, 0.717) is 41.1 Å². The molecule has 0 heterocycles. The summed E-state index contributed by atoms with van der Waals surface area (Å²) in [7, 11) is 0. The van der Waals surface area contributed by atoms with Crippen molar-refractivity contribution in [2.75, 3.05) is 13.1 Å². The topological polar surface area (TPSA) is 122 Å². The quantitative estimate of drug-likeness (QED) is 0.261. The van der Waals surface area contributed by atoms with Gasteiger partial charge in [-0.2, -0.15) is 0 Å². The number of phenolic OH excluding ortho intramolecular Hbond substituents is 3. The molecule has 3 aromatic carbocycles. The second-order valence-electron chi connectivity index (χ2n) is 8.29. The van der Waals surface area contributed by atoms with Crippen LogP contribution in [0.15, 0.2) is 60.7 Å². The molecule has 3 rings (SSSR count). The van der Waals surface area contributed by atoms with Crippen molar-refractivity contribution in [3.05, 3.63) is 87.9 Å². The van der Waals surface area contributed by atoms with Gasteiger partial charge in [0.25, 0.3) is 5.91 Å². The molecule has 0 unspecified atom stereocenters. The van der Waals surface area contributed by atoms with E-state index in [0.717, 1.165) is 5.56 Å². The first-order valence-electron chi connectivity index (χ1n) is 11.0. The number of amides is 1. The smallest absolute Gasteiger partial charge is 0.251 e. The fourth-order valence-corrected chi connectivity index (χ4v) is 3.87. The first-order chi connectivity index (χ1) is 16.2. The minimum Gasteiger partial charge on any atom is -0.508 e. The van der Waals surface area contributed by atoms with Crippen molar-refractivity contribution in [2.45, 2.75) is 31.9 Å². The predicted octanol–water partition coefficient (Wildman–Crippen LogP) is 3.68. The summed E-state index contributed by atoms with van der Waals surface area (Å²) in [6, 6.07) is 16.2. The number of aliphatic hydroxyl groups excluding tert-OH is 1. The highest BCUT2D eigenvalue weighted by Gasteiger charge is 2.13. The molecule has 0 aliphatic heterocycles. The SMILES string of the molecule is C[C@H](Cc1cccc(C(=O)NCCc2cc(Cl)ccc2O)c1)NC[C@H](O)c1cc(O)cc(O)c1. The van der Waals surface area contributed by atoms with Crippen molar-refractivity contribution in [2.24, 2.45) is 0 Å². The Morgan fingerprint density at radius 1 is 1.00 bits per heavy atom. The molecule has 0 aliphatic carbocycles. The molecule has 0 saturated heterocycles. The Morgan fingerprint density at radius 3 is 2.47 bits per heavy atom. The number of benzene rings is 3. The molecule has 0 aromatic heterocycles. The van der Waals surface area contributed by atoms with Crippen LogP contribution in [0.4, 0.5) is 0 Å². The van der Waals surface area contributed by atoms with Crippen molar-refractivity contribution in [1.82, 2.24) is 10.6 Å². The van der Waals surface area contributed by atoms with Crippen LogP contribution >= 0.6 is 11.6 Å². The van der Waals surface area contributed by atoms with Gasteiger partial charge in [0, 0.05) is 35.8 Å². The van der Waals surface area contributed by atoms with E-state index < -0.39 is 6.10 Å². The standard InChI is InChI=1S/C26H29ClN2O5/c1-16(29-15-25(33)20-12-22(30)14-23(31)13-20)9-17-3-2-4-19(10-17)26(34)28-8-7-18-11-21(27)5-6-24(18)32/h2-6,10-14,16,25,29-33H,7-9,15H2,1H3,(H,28,34)/t16-,25+/m1/s1. The minimum atomic E-state index is -0.892. The normalized spacial score (nSPS) is 12.8. The average molecular weight is 485 g/mol. The van der Waals surface area contributed by atoms with Crippen LogP contribution in [0.1, 0.15) is 40.1 Å². The van der Waals surface area contributed by atoms with Crippen LogP contribution in [0.5, 0.6) is 17.2 Å². The molecule has 1 amide bonds. The van der Waals surface area contributed by atoms with Crippen LogP contribution in [0.25, 0.3) is 0 Å². The summed E-state index contributed by atoms with van der Waals surface area (Å²) in [5.41, 5.74) is 2.59. The van der Waals surface area contributed by atoms with Gasteiger partial charge >= 0.3 is 0 Å². The van der Waals surface area contributed by atoms with E-state index in [-0.39, 0.29) is 35.7 Å². The number of rotatable bonds is 10. The average Bonchev–Trinajstić information content (AvgIpc) is 2.79. The Bertz CT molecular complexity index is 1120. The molecular weight excluding hydrogens is 456 g/mol. The molecule has 0 bridgehead atoms. The molecule has 7 nitrogen and oxygen atoms in total. The highest BCUT2D eigenvalue weighted by molar-refractivity contribution is 6.30. The van der Waals surface area contributed by atoms with E-state index in [4.69, 9.17) is 11.6 Å². The van der Waals surface area contributed by atoms with Crippen molar-refractivity contribution in [1.29, 1.82) is 0 Å². The lowest BCUT2D eigenvalue weighted by atomic mass is 10.0. The lowest BCUT2D eigenvalue weighted by Crippen LogP contribution is -2.32. The number of halogens is 1. The number of phenols is 3. The summed E-state index contributed by atoms with van der Waals surface area (Å²) in [6.07, 6.45) is 0.199. The van der Waals surface area contributed by atoms with Gasteiger partial charge in [-0.3, -0.25) is 4.79 Å². The third-order valence-corrected chi connectivity index (χ3v) is 5.66. The highest BCUT2D eigenvalue weighted by Crippen LogP contribution is 2.25. The molecule has 0 fully saturated rings. The monoisotopic (exact) mass is 484 g/mol. The van der Waals surface area contributed by atoms with Crippen molar-refractivity contribution < 1.29 is 25.2 Å². The molecular formula is C26H29ClN2O5. The number of nitrogens with one attached hydrogen (secondary N) is 2. The molecule has 2 atom stereocenters. The fourth-order valence-electron chi connectivity index (χ4n) is 3.67. The number of carbonyl (C=O) groups is 1. The maximum Gasteiger partial charge on any atom is 0.251 e. The largest absolute Gasteiger partial charge is 0.508 e. The van der Waals surface area contributed by atoms with Gasteiger partial charge in [0.1, 0.15) is 17.2 Å². The Morgan fingerprint density at radius 2 is 1.74 bits per heavy atom. The van der Waals surface area contributed by atoms with Crippen molar-refractivity contribution >= 4 is 17.5 Å². The minimum absolute atomic E-state index is 0.00433. The maximum atomic E-state index is 12.6. The van der Waals surface area contributed by atoms with E-state index in [9.17, 15) is 25.2 Å². The van der Waals surface area contributed by atoms with Crippen LogP contribution in [0, 0.1) is 0 Å². The summed E-state index contributed by atoms with van der Waals surface area (Å²) in [4.78, 5) is 12.6. The van der Waals surface area contributed by atoms with Gasteiger partial charge in [0.15, 0.2) is 0 Å².